The zero-order chi connectivity index (χ0) is 22.2. The van der Waals surface area contributed by atoms with E-state index in [-0.39, 0.29) is 17.6 Å². The Morgan fingerprint density at radius 3 is 2.53 bits per heavy atom. The van der Waals surface area contributed by atoms with Crippen LogP contribution in [-0.2, 0) is 13.0 Å². The molecule has 0 bridgehead atoms. The predicted molar refractivity (Wildman–Crippen MR) is 113 cm³/mol. The van der Waals surface area contributed by atoms with Crippen LogP contribution in [0.5, 0.6) is 5.75 Å². The lowest BCUT2D eigenvalue weighted by Gasteiger charge is -2.17. The molecule has 0 amide bonds. The minimum atomic E-state index is -0.872. The van der Waals surface area contributed by atoms with Crippen LogP contribution < -0.4 is 11.0 Å². The maximum absolute atomic E-state index is 13.9. The molecule has 1 N–H and O–H groups in total. The van der Waals surface area contributed by atoms with Crippen molar-refractivity contribution in [2.75, 3.05) is 0 Å². The van der Waals surface area contributed by atoms with E-state index in [1.54, 1.807) is 26.8 Å². The Labute approximate surface area is 177 Å². The molecule has 30 heavy (non-hydrogen) atoms. The molecule has 3 rings (SSSR count). The van der Waals surface area contributed by atoms with E-state index in [0.29, 0.717) is 23.4 Å². The van der Waals surface area contributed by atoms with Crippen molar-refractivity contribution in [3.8, 4) is 5.75 Å². The zero-order valence-electron chi connectivity index (χ0n) is 16.9. The first kappa shape index (κ1) is 21.8. The third-order valence-electron chi connectivity index (χ3n) is 4.89. The van der Waals surface area contributed by atoms with Gasteiger partial charge in [-0.3, -0.25) is 14.4 Å². The highest BCUT2D eigenvalue weighted by atomic mass is 35.5. The van der Waals surface area contributed by atoms with Crippen LogP contribution in [0.2, 0.25) is 5.02 Å². The number of halogens is 2. The van der Waals surface area contributed by atoms with Gasteiger partial charge in [0, 0.05) is 41.1 Å². The zero-order valence-corrected chi connectivity index (χ0v) is 17.7. The minimum Gasteiger partial charge on any atom is -0.503 e. The van der Waals surface area contributed by atoms with Crippen LogP contribution in [0.15, 0.2) is 46.4 Å². The Bertz CT molecular complexity index is 1230. The highest BCUT2D eigenvalue weighted by molar-refractivity contribution is 6.31. The Morgan fingerprint density at radius 1 is 1.20 bits per heavy atom. The summed E-state index contributed by atoms with van der Waals surface area (Å²) in [6.07, 6.45) is 5.00. The number of nitrogens with zero attached hydrogens (tertiary/aromatic N) is 2. The molecule has 0 aliphatic carbocycles. The van der Waals surface area contributed by atoms with E-state index in [2.05, 4.69) is 0 Å². The van der Waals surface area contributed by atoms with E-state index in [0.717, 1.165) is 0 Å². The number of aryl methyl sites for hydroxylation is 1. The number of aromatic hydroxyl groups is 1. The number of Topliss-reactive ketones (excluding diaryl/α,β-unsaturated/α-hetero) is 1. The van der Waals surface area contributed by atoms with Crippen molar-refractivity contribution in [3.05, 3.63) is 79.3 Å². The number of hydrogen-bond acceptors (Lipinski definition) is 4. The Morgan fingerprint density at radius 2 is 1.90 bits per heavy atom. The lowest BCUT2D eigenvalue weighted by Crippen LogP contribution is -2.29. The van der Waals surface area contributed by atoms with Gasteiger partial charge >= 0.3 is 0 Å². The molecule has 0 saturated heterocycles. The summed E-state index contributed by atoms with van der Waals surface area (Å²) >= 11 is 6.02. The maximum atomic E-state index is 13.9. The van der Waals surface area contributed by atoms with Crippen LogP contribution in [0.25, 0.3) is 5.52 Å². The first-order valence-electron chi connectivity index (χ1n) is 9.47. The first-order chi connectivity index (χ1) is 14.0. The number of hydrogen-bond donors (Lipinski definition) is 1. The second-order valence-corrected chi connectivity index (χ2v) is 8.56. The quantitative estimate of drug-likeness (QED) is 0.621. The molecular formula is C22H22ClFN2O4. The van der Waals surface area contributed by atoms with Crippen molar-refractivity contribution in [2.45, 2.75) is 40.2 Å². The van der Waals surface area contributed by atoms with Gasteiger partial charge < -0.3 is 14.1 Å². The van der Waals surface area contributed by atoms with Gasteiger partial charge in [-0.05, 0) is 25.0 Å². The monoisotopic (exact) mass is 432 g/mol. The van der Waals surface area contributed by atoms with E-state index >= 15 is 0 Å². The Hall–Kier alpha value is -2.93. The largest absolute Gasteiger partial charge is 0.503 e. The summed E-state index contributed by atoms with van der Waals surface area (Å²) in [5.74, 6) is -1.60. The standard InChI is InChI=1S/C22H22ClFN2O4/c1-22(2,3)20(29)14-12-26-11-10-25(21(30)17(26)19(28)18(14)27)9-5-6-13-15(23)7-4-8-16(13)24/h4,7-8,10-12,28H,5-6,9H2,1-3H3. The molecule has 2 heterocycles. The molecule has 2 aromatic heterocycles. The van der Waals surface area contributed by atoms with Crippen molar-refractivity contribution in [1.29, 1.82) is 0 Å². The predicted octanol–water partition coefficient (Wildman–Crippen LogP) is 3.82. The number of rotatable bonds is 5. The fraction of sp³-hybridized carbons (Fsp3) is 0.318. The van der Waals surface area contributed by atoms with Gasteiger partial charge in [0.25, 0.3) is 5.56 Å². The van der Waals surface area contributed by atoms with E-state index < -0.39 is 33.8 Å². The van der Waals surface area contributed by atoms with Gasteiger partial charge in [-0.25, -0.2) is 4.39 Å². The molecule has 0 spiro atoms. The average Bonchev–Trinajstić information content (AvgIpc) is 2.67. The van der Waals surface area contributed by atoms with Gasteiger partial charge in [0.05, 0.1) is 5.56 Å². The van der Waals surface area contributed by atoms with Gasteiger partial charge in [0.1, 0.15) is 5.82 Å². The van der Waals surface area contributed by atoms with E-state index in [4.69, 9.17) is 11.6 Å². The second kappa shape index (κ2) is 8.07. The van der Waals surface area contributed by atoms with Gasteiger partial charge in [0.2, 0.25) is 5.43 Å². The lowest BCUT2D eigenvalue weighted by atomic mass is 9.87. The van der Waals surface area contributed by atoms with E-state index in [9.17, 15) is 23.9 Å². The first-order valence-corrected chi connectivity index (χ1v) is 9.85. The van der Waals surface area contributed by atoms with Crippen LogP contribution in [0, 0.1) is 11.2 Å². The second-order valence-electron chi connectivity index (χ2n) is 8.16. The number of ketones is 1. The Balaban J connectivity index is 1.95. The number of carbonyl (C=O) groups is 1. The third-order valence-corrected chi connectivity index (χ3v) is 5.25. The smallest absolute Gasteiger partial charge is 0.278 e. The van der Waals surface area contributed by atoms with E-state index in [1.807, 2.05) is 0 Å². The van der Waals surface area contributed by atoms with Crippen LogP contribution in [-0.4, -0.2) is 19.9 Å². The molecule has 8 heteroatoms. The average molecular weight is 433 g/mol. The number of aromatic nitrogens is 2. The number of carbonyl (C=O) groups excluding carboxylic acids is 1. The van der Waals surface area contributed by atoms with Crippen LogP contribution in [0.1, 0.15) is 43.1 Å². The molecule has 158 valence electrons. The normalized spacial score (nSPS) is 11.8. The summed E-state index contributed by atoms with van der Waals surface area (Å²) in [5, 5.41) is 10.7. The highest BCUT2D eigenvalue weighted by Gasteiger charge is 2.27. The van der Waals surface area contributed by atoms with Crippen molar-refractivity contribution in [2.24, 2.45) is 5.41 Å². The Kier molecular flexibility index (Phi) is 5.85. The summed E-state index contributed by atoms with van der Waals surface area (Å²) < 4.78 is 16.5. The lowest BCUT2D eigenvalue weighted by molar-refractivity contribution is 0.0856. The minimum absolute atomic E-state index is 0.177. The molecule has 0 aliphatic rings. The number of benzene rings is 1. The molecule has 0 saturated carbocycles. The van der Waals surface area contributed by atoms with Crippen LogP contribution in [0.3, 0.4) is 0 Å². The highest BCUT2D eigenvalue weighted by Crippen LogP contribution is 2.22. The molecule has 0 unspecified atom stereocenters. The summed E-state index contributed by atoms with van der Waals surface area (Å²) in [6.45, 7) is 5.23. The SMILES string of the molecule is CC(C)(C)C(=O)c1cn2ccn(CCCc3c(F)cccc3Cl)c(=O)c2c(O)c1=O. The summed E-state index contributed by atoms with van der Waals surface area (Å²) in [7, 11) is 0. The molecule has 0 radical (unpaired) electrons. The molecule has 6 nitrogen and oxygen atoms in total. The molecule has 3 aromatic rings. The number of fused-ring (bicyclic) bond motifs is 1. The van der Waals surface area contributed by atoms with Crippen molar-refractivity contribution >= 4 is 22.9 Å². The summed E-state index contributed by atoms with van der Waals surface area (Å²) in [4.78, 5) is 37.9. The molecule has 0 atom stereocenters. The molecule has 0 aliphatic heterocycles. The molecular weight excluding hydrogens is 411 g/mol. The van der Waals surface area contributed by atoms with Crippen LogP contribution in [0.4, 0.5) is 4.39 Å². The van der Waals surface area contributed by atoms with Gasteiger partial charge in [-0.1, -0.05) is 38.4 Å². The topological polar surface area (TPSA) is 80.8 Å². The summed E-state index contributed by atoms with van der Waals surface area (Å²) in [5.41, 5.74) is -2.29. The van der Waals surface area contributed by atoms with Gasteiger partial charge in [-0.2, -0.15) is 0 Å². The molecule has 1 aromatic carbocycles. The number of pyridine rings is 1. The van der Waals surface area contributed by atoms with E-state index in [1.165, 1.54) is 39.7 Å². The summed E-state index contributed by atoms with van der Waals surface area (Å²) in [6, 6.07) is 4.45. The van der Waals surface area contributed by atoms with Crippen molar-refractivity contribution in [3.63, 3.8) is 0 Å². The fourth-order valence-electron chi connectivity index (χ4n) is 3.24. The van der Waals surface area contributed by atoms with Gasteiger partial charge in [-0.15, -0.1) is 0 Å². The maximum Gasteiger partial charge on any atom is 0.278 e. The fourth-order valence-corrected chi connectivity index (χ4v) is 3.50. The van der Waals surface area contributed by atoms with Crippen LogP contribution >= 0.6 is 11.6 Å². The van der Waals surface area contributed by atoms with Gasteiger partial charge in [0.15, 0.2) is 17.0 Å². The van der Waals surface area contributed by atoms with Crippen molar-refractivity contribution in [1.82, 2.24) is 8.97 Å². The molecule has 0 fully saturated rings. The third kappa shape index (κ3) is 4.03. The van der Waals surface area contributed by atoms with Crippen molar-refractivity contribution < 1.29 is 14.3 Å².